The summed E-state index contributed by atoms with van der Waals surface area (Å²) < 4.78 is 88.1. The number of alkyl halides is 3. The third kappa shape index (κ3) is 5.30. The first-order chi connectivity index (χ1) is 19.1. The van der Waals surface area contributed by atoms with Gasteiger partial charge in [-0.3, -0.25) is 4.79 Å². The minimum atomic E-state index is -4.62. The SMILES string of the molecule is COC(=O)CC1c2cccc(F)c2N=C(N2CCN(c3ccc(F)c(F)c3)CC2)N1c1cccc(C(F)(F)F)c1. The number of methoxy groups -OCH3 is 1. The highest BCUT2D eigenvalue weighted by molar-refractivity contribution is 6.01. The van der Waals surface area contributed by atoms with E-state index in [2.05, 4.69) is 4.99 Å². The van der Waals surface area contributed by atoms with E-state index in [0.717, 1.165) is 24.3 Å². The Morgan fingerprint density at radius 1 is 0.875 bits per heavy atom. The molecule has 0 aliphatic carbocycles. The standard InChI is InChI=1S/C28H24F6N4O2/c1-40-25(39)16-24-20-6-3-7-22(30)26(20)35-27(38(24)19-5-2-4-17(14-19)28(32,33)34)37-12-10-36(11-13-37)18-8-9-21(29)23(31)15-18/h2-9,14-15,24H,10-13,16H2,1H3. The fraction of sp³-hybridized carbons (Fsp3) is 0.286. The number of carbonyl (C=O) groups is 1. The van der Waals surface area contributed by atoms with E-state index in [1.807, 2.05) is 4.90 Å². The number of para-hydroxylation sites is 1. The Morgan fingerprint density at radius 2 is 1.57 bits per heavy atom. The average molecular weight is 563 g/mol. The van der Waals surface area contributed by atoms with Crippen LogP contribution in [0.5, 0.6) is 0 Å². The normalized spacial score (nSPS) is 17.4. The third-order valence-corrected chi connectivity index (χ3v) is 6.99. The molecule has 3 aromatic carbocycles. The predicted octanol–water partition coefficient (Wildman–Crippen LogP) is 6.06. The van der Waals surface area contributed by atoms with E-state index in [1.165, 1.54) is 42.3 Å². The molecule has 5 rings (SSSR count). The molecule has 1 saturated heterocycles. The van der Waals surface area contributed by atoms with Crippen molar-refractivity contribution in [2.75, 3.05) is 43.1 Å². The number of fused-ring (bicyclic) bond motifs is 1. The molecule has 0 amide bonds. The molecule has 0 N–H and O–H groups in total. The van der Waals surface area contributed by atoms with Crippen molar-refractivity contribution in [3.8, 4) is 0 Å². The molecule has 1 atom stereocenters. The van der Waals surface area contributed by atoms with Crippen LogP contribution in [0.3, 0.4) is 0 Å². The molecule has 1 unspecified atom stereocenters. The lowest BCUT2D eigenvalue weighted by Gasteiger charge is -2.45. The summed E-state index contributed by atoms with van der Waals surface area (Å²) in [6.45, 7) is 1.24. The first kappa shape index (κ1) is 27.4. The van der Waals surface area contributed by atoms with Crippen molar-refractivity contribution in [3.05, 3.63) is 89.2 Å². The number of esters is 1. The molecule has 3 aromatic rings. The van der Waals surface area contributed by atoms with Gasteiger partial charge in [0, 0.05) is 49.2 Å². The highest BCUT2D eigenvalue weighted by Gasteiger charge is 2.39. The summed E-state index contributed by atoms with van der Waals surface area (Å²) in [5, 5.41) is 0. The van der Waals surface area contributed by atoms with Crippen molar-refractivity contribution in [1.29, 1.82) is 0 Å². The van der Waals surface area contributed by atoms with Crippen molar-refractivity contribution in [1.82, 2.24) is 4.90 Å². The monoisotopic (exact) mass is 562 g/mol. The molecule has 2 heterocycles. The first-order valence-electron chi connectivity index (χ1n) is 12.4. The molecular weight excluding hydrogens is 538 g/mol. The lowest BCUT2D eigenvalue weighted by Crippen LogP contribution is -2.55. The van der Waals surface area contributed by atoms with Gasteiger partial charge in [0.2, 0.25) is 5.96 Å². The van der Waals surface area contributed by atoms with E-state index in [-0.39, 0.29) is 36.8 Å². The number of halogens is 6. The van der Waals surface area contributed by atoms with E-state index < -0.39 is 41.2 Å². The van der Waals surface area contributed by atoms with Gasteiger partial charge in [-0.15, -0.1) is 0 Å². The second-order valence-electron chi connectivity index (χ2n) is 9.38. The fourth-order valence-electron chi connectivity index (χ4n) is 4.99. The van der Waals surface area contributed by atoms with Gasteiger partial charge in [0.1, 0.15) is 11.5 Å². The van der Waals surface area contributed by atoms with E-state index in [0.29, 0.717) is 24.3 Å². The van der Waals surface area contributed by atoms with Crippen LogP contribution in [0.25, 0.3) is 0 Å². The number of anilines is 2. The van der Waals surface area contributed by atoms with E-state index in [9.17, 15) is 26.7 Å². The van der Waals surface area contributed by atoms with E-state index in [4.69, 9.17) is 4.74 Å². The van der Waals surface area contributed by atoms with Crippen LogP contribution in [0.15, 0.2) is 65.7 Å². The molecule has 0 bridgehead atoms. The molecule has 0 aromatic heterocycles. The quantitative estimate of drug-likeness (QED) is 0.286. The van der Waals surface area contributed by atoms with Crippen molar-refractivity contribution < 1.29 is 35.9 Å². The Balaban J connectivity index is 1.56. The zero-order valence-corrected chi connectivity index (χ0v) is 21.3. The number of piperazine rings is 1. The molecule has 0 radical (unpaired) electrons. The molecule has 40 heavy (non-hydrogen) atoms. The molecular formula is C28H24F6N4O2. The zero-order chi connectivity index (χ0) is 28.6. The third-order valence-electron chi connectivity index (χ3n) is 6.99. The van der Waals surface area contributed by atoms with Gasteiger partial charge in [-0.1, -0.05) is 18.2 Å². The van der Waals surface area contributed by atoms with Crippen LogP contribution >= 0.6 is 0 Å². The number of hydrogen-bond donors (Lipinski definition) is 0. The van der Waals surface area contributed by atoms with Gasteiger partial charge in [-0.05, 0) is 36.4 Å². The molecule has 2 aliphatic rings. The Hall–Kier alpha value is -4.22. The average Bonchev–Trinajstić information content (AvgIpc) is 2.94. The summed E-state index contributed by atoms with van der Waals surface area (Å²) in [5.74, 6) is -3.07. The van der Waals surface area contributed by atoms with Crippen LogP contribution in [0, 0.1) is 17.5 Å². The van der Waals surface area contributed by atoms with Crippen LogP contribution in [0.4, 0.5) is 43.4 Å². The van der Waals surface area contributed by atoms with Crippen LogP contribution in [0.2, 0.25) is 0 Å². The molecule has 12 heteroatoms. The topological polar surface area (TPSA) is 48.4 Å². The van der Waals surface area contributed by atoms with Crippen LogP contribution in [0.1, 0.15) is 23.6 Å². The molecule has 1 fully saturated rings. The predicted molar refractivity (Wildman–Crippen MR) is 137 cm³/mol. The lowest BCUT2D eigenvalue weighted by molar-refractivity contribution is -0.141. The smallest absolute Gasteiger partial charge is 0.416 e. The van der Waals surface area contributed by atoms with Crippen molar-refractivity contribution >= 4 is 29.0 Å². The van der Waals surface area contributed by atoms with Gasteiger partial charge in [0.05, 0.1) is 25.1 Å². The number of ether oxygens (including phenoxy) is 1. The molecule has 6 nitrogen and oxygen atoms in total. The number of hydrogen-bond acceptors (Lipinski definition) is 6. The Bertz CT molecular complexity index is 1450. The minimum absolute atomic E-state index is 0.0161. The summed E-state index contributed by atoms with van der Waals surface area (Å²) >= 11 is 0. The summed E-state index contributed by atoms with van der Waals surface area (Å²) in [7, 11) is 1.19. The minimum Gasteiger partial charge on any atom is -0.469 e. The second kappa shape index (κ2) is 10.7. The van der Waals surface area contributed by atoms with Crippen molar-refractivity contribution in [2.24, 2.45) is 4.99 Å². The number of aliphatic imine (C=N–C) groups is 1. The number of guanidine groups is 1. The number of carbonyl (C=O) groups excluding carboxylic acids is 1. The Labute approximate surface area is 226 Å². The summed E-state index contributed by atoms with van der Waals surface area (Å²) in [6, 6.07) is 11.5. The number of rotatable bonds is 4. The molecule has 210 valence electrons. The largest absolute Gasteiger partial charge is 0.469 e. The van der Waals surface area contributed by atoms with Gasteiger partial charge in [-0.25, -0.2) is 18.2 Å². The number of nitrogens with zero attached hydrogens (tertiary/aromatic N) is 4. The molecule has 0 saturated carbocycles. The molecule has 0 spiro atoms. The van der Waals surface area contributed by atoms with Crippen LogP contribution in [-0.2, 0) is 15.7 Å². The summed E-state index contributed by atoms with van der Waals surface area (Å²) in [5.41, 5.74) is -0.00161. The van der Waals surface area contributed by atoms with Gasteiger partial charge in [0.25, 0.3) is 0 Å². The Morgan fingerprint density at radius 3 is 2.25 bits per heavy atom. The fourth-order valence-corrected chi connectivity index (χ4v) is 4.99. The van der Waals surface area contributed by atoms with Crippen LogP contribution < -0.4 is 9.80 Å². The second-order valence-corrected chi connectivity index (χ2v) is 9.38. The number of benzene rings is 3. The van der Waals surface area contributed by atoms with E-state index in [1.54, 1.807) is 11.0 Å². The van der Waals surface area contributed by atoms with Gasteiger partial charge in [0.15, 0.2) is 11.6 Å². The maximum absolute atomic E-state index is 15.0. The van der Waals surface area contributed by atoms with Crippen molar-refractivity contribution in [3.63, 3.8) is 0 Å². The highest BCUT2D eigenvalue weighted by atomic mass is 19.4. The van der Waals surface area contributed by atoms with Gasteiger partial charge in [-0.2, -0.15) is 13.2 Å². The zero-order valence-electron chi connectivity index (χ0n) is 21.3. The first-order valence-corrected chi connectivity index (χ1v) is 12.4. The van der Waals surface area contributed by atoms with Crippen LogP contribution in [-0.4, -0.2) is 50.1 Å². The summed E-state index contributed by atoms with van der Waals surface area (Å²) in [4.78, 5) is 22.1. The van der Waals surface area contributed by atoms with Gasteiger partial charge < -0.3 is 19.4 Å². The maximum Gasteiger partial charge on any atom is 0.416 e. The highest BCUT2D eigenvalue weighted by Crippen LogP contribution is 2.43. The lowest BCUT2D eigenvalue weighted by atomic mass is 9.97. The molecule has 2 aliphatic heterocycles. The Kier molecular flexibility index (Phi) is 7.35. The van der Waals surface area contributed by atoms with E-state index >= 15 is 4.39 Å². The maximum atomic E-state index is 15.0. The van der Waals surface area contributed by atoms with Gasteiger partial charge >= 0.3 is 12.1 Å². The summed E-state index contributed by atoms with van der Waals surface area (Å²) in [6.07, 6.45) is -4.90. The van der Waals surface area contributed by atoms with Crippen molar-refractivity contribution in [2.45, 2.75) is 18.6 Å².